The molecule has 3 nitrogen and oxygen atoms in total. The van der Waals surface area contributed by atoms with Gasteiger partial charge >= 0.3 is 12.1 Å². The van der Waals surface area contributed by atoms with Crippen molar-refractivity contribution >= 4 is 5.91 Å². The van der Waals surface area contributed by atoms with Gasteiger partial charge in [-0.2, -0.15) is 18.4 Å². The Labute approximate surface area is 84.5 Å². The minimum absolute atomic E-state index is 0.381. The summed E-state index contributed by atoms with van der Waals surface area (Å²) < 4.78 is 36.7. The molecule has 2 heterocycles. The van der Waals surface area contributed by atoms with Crippen molar-refractivity contribution < 1.29 is 18.0 Å². The molecule has 1 amide bonds. The van der Waals surface area contributed by atoms with Gasteiger partial charge in [0.05, 0.1) is 12.0 Å². The number of amides is 1. The van der Waals surface area contributed by atoms with Gasteiger partial charge in [0.25, 0.3) is 0 Å². The Kier molecular flexibility index (Phi) is 2.14. The third-order valence-electron chi connectivity index (χ3n) is 3.18. The molecule has 2 rings (SSSR count). The zero-order valence-corrected chi connectivity index (χ0v) is 7.79. The third kappa shape index (κ3) is 1.46. The molecule has 2 aliphatic heterocycles. The lowest BCUT2D eigenvalue weighted by Gasteiger charge is -2.23. The van der Waals surface area contributed by atoms with E-state index in [1.807, 2.05) is 6.07 Å². The van der Waals surface area contributed by atoms with Crippen LogP contribution in [0.3, 0.4) is 0 Å². The summed E-state index contributed by atoms with van der Waals surface area (Å²) in [5.74, 6) is -2.21. The molecule has 0 spiro atoms. The lowest BCUT2D eigenvalue weighted by atomic mass is 9.90. The molecule has 0 radical (unpaired) electrons. The quantitative estimate of drug-likeness (QED) is 0.617. The molecular weight excluding hydrogens is 209 g/mol. The summed E-state index contributed by atoms with van der Waals surface area (Å²) in [5.41, 5.74) is 0. The molecule has 2 saturated heterocycles. The topological polar surface area (TPSA) is 44.1 Å². The number of halogens is 3. The van der Waals surface area contributed by atoms with Crippen molar-refractivity contribution in [2.75, 3.05) is 0 Å². The molecule has 0 saturated carbocycles. The maximum Gasteiger partial charge on any atom is 0.471 e. The van der Waals surface area contributed by atoms with Gasteiger partial charge < -0.3 is 4.90 Å². The maximum atomic E-state index is 12.2. The summed E-state index contributed by atoms with van der Waals surface area (Å²) in [5, 5.41) is 8.72. The molecule has 15 heavy (non-hydrogen) atoms. The second-order valence-electron chi connectivity index (χ2n) is 3.98. The standard InChI is InChI=1S/C9H9F3N2O/c10-9(11,12)8(15)14-6-1-2-7(14)5(3-6)4-13/h5-7H,1-3H2/t5-,6-,7+/m0/s1. The van der Waals surface area contributed by atoms with Crippen molar-refractivity contribution in [2.45, 2.75) is 37.5 Å². The first kappa shape index (κ1) is 10.3. The number of alkyl halides is 3. The van der Waals surface area contributed by atoms with E-state index in [0.717, 1.165) is 4.90 Å². The Morgan fingerprint density at radius 2 is 2.07 bits per heavy atom. The van der Waals surface area contributed by atoms with Crippen LogP contribution < -0.4 is 0 Å². The van der Waals surface area contributed by atoms with E-state index in [-0.39, 0.29) is 6.04 Å². The molecule has 82 valence electrons. The Morgan fingerprint density at radius 1 is 1.40 bits per heavy atom. The van der Waals surface area contributed by atoms with Crippen LogP contribution >= 0.6 is 0 Å². The zero-order chi connectivity index (χ0) is 11.2. The second-order valence-corrected chi connectivity index (χ2v) is 3.98. The van der Waals surface area contributed by atoms with Crippen LogP contribution in [0.25, 0.3) is 0 Å². The molecule has 0 N–H and O–H groups in total. The van der Waals surface area contributed by atoms with Gasteiger partial charge in [-0.1, -0.05) is 0 Å². The van der Waals surface area contributed by atoms with Crippen molar-refractivity contribution in [1.82, 2.24) is 4.90 Å². The first-order chi connectivity index (χ1) is 6.95. The van der Waals surface area contributed by atoms with Gasteiger partial charge in [0, 0.05) is 12.1 Å². The van der Waals surface area contributed by atoms with Crippen LogP contribution in [0.15, 0.2) is 0 Å². The molecule has 2 bridgehead atoms. The molecule has 6 heteroatoms. The van der Waals surface area contributed by atoms with Crippen LogP contribution in [-0.2, 0) is 4.79 Å². The monoisotopic (exact) mass is 218 g/mol. The summed E-state index contributed by atoms with van der Waals surface area (Å²) in [6.07, 6.45) is -3.32. The fourth-order valence-electron chi connectivity index (χ4n) is 2.59. The van der Waals surface area contributed by atoms with E-state index in [0.29, 0.717) is 19.3 Å². The number of fused-ring (bicyclic) bond motifs is 2. The molecule has 0 aromatic rings. The highest BCUT2D eigenvalue weighted by molar-refractivity contribution is 5.83. The predicted octanol–water partition coefficient (Wildman–Crippen LogP) is 1.45. The summed E-state index contributed by atoms with van der Waals surface area (Å²) in [7, 11) is 0. The molecule has 2 aliphatic rings. The predicted molar refractivity (Wildman–Crippen MR) is 43.4 cm³/mol. The molecule has 0 unspecified atom stereocenters. The van der Waals surface area contributed by atoms with E-state index in [9.17, 15) is 18.0 Å². The number of carbonyl (C=O) groups is 1. The largest absolute Gasteiger partial charge is 0.471 e. The lowest BCUT2D eigenvalue weighted by Crippen LogP contribution is -2.44. The van der Waals surface area contributed by atoms with Crippen molar-refractivity contribution in [2.24, 2.45) is 5.92 Å². The van der Waals surface area contributed by atoms with E-state index < -0.39 is 24.0 Å². The SMILES string of the molecule is N#C[C@@H]1C[C@@H]2CC[C@H]1N2C(=O)C(F)(F)F. The van der Waals surface area contributed by atoms with Gasteiger partial charge in [-0.05, 0) is 19.3 Å². The van der Waals surface area contributed by atoms with Crippen LogP contribution in [-0.4, -0.2) is 29.1 Å². The Bertz CT molecular complexity index is 333. The lowest BCUT2D eigenvalue weighted by molar-refractivity contribution is -0.186. The van der Waals surface area contributed by atoms with Gasteiger partial charge in [-0.25, -0.2) is 0 Å². The Morgan fingerprint density at radius 3 is 2.53 bits per heavy atom. The van der Waals surface area contributed by atoms with Crippen LogP contribution in [0, 0.1) is 17.2 Å². The van der Waals surface area contributed by atoms with Gasteiger partial charge in [-0.15, -0.1) is 0 Å². The van der Waals surface area contributed by atoms with E-state index in [4.69, 9.17) is 5.26 Å². The molecular formula is C9H9F3N2O. The summed E-state index contributed by atoms with van der Waals surface area (Å²) in [4.78, 5) is 11.9. The second kappa shape index (κ2) is 3.12. The fraction of sp³-hybridized carbons (Fsp3) is 0.778. The van der Waals surface area contributed by atoms with Crippen LogP contribution in [0.4, 0.5) is 13.2 Å². The summed E-state index contributed by atoms with van der Waals surface area (Å²) in [6, 6.07) is 1.07. The summed E-state index contributed by atoms with van der Waals surface area (Å²) >= 11 is 0. The molecule has 0 aliphatic carbocycles. The molecule has 0 aromatic heterocycles. The van der Waals surface area contributed by atoms with Crippen LogP contribution in [0.2, 0.25) is 0 Å². The van der Waals surface area contributed by atoms with Gasteiger partial charge in [0.1, 0.15) is 0 Å². The van der Waals surface area contributed by atoms with Crippen molar-refractivity contribution in [3.05, 3.63) is 0 Å². The normalized spacial score (nSPS) is 34.3. The Hall–Kier alpha value is -1.25. The molecule has 3 atom stereocenters. The van der Waals surface area contributed by atoms with Crippen molar-refractivity contribution in [3.8, 4) is 6.07 Å². The Balaban J connectivity index is 2.20. The van der Waals surface area contributed by atoms with E-state index >= 15 is 0 Å². The number of hydrogen-bond acceptors (Lipinski definition) is 2. The first-order valence-electron chi connectivity index (χ1n) is 4.74. The highest BCUT2D eigenvalue weighted by Gasteiger charge is 2.55. The van der Waals surface area contributed by atoms with Crippen molar-refractivity contribution in [3.63, 3.8) is 0 Å². The van der Waals surface area contributed by atoms with Crippen molar-refractivity contribution in [1.29, 1.82) is 5.26 Å². The number of hydrogen-bond donors (Lipinski definition) is 0. The number of nitriles is 1. The molecule has 0 aromatic carbocycles. The number of nitrogens with zero attached hydrogens (tertiary/aromatic N) is 2. The highest BCUT2D eigenvalue weighted by atomic mass is 19.4. The van der Waals surface area contributed by atoms with Gasteiger partial charge in [0.15, 0.2) is 0 Å². The van der Waals surface area contributed by atoms with E-state index in [1.165, 1.54) is 0 Å². The van der Waals surface area contributed by atoms with E-state index in [1.54, 1.807) is 0 Å². The van der Waals surface area contributed by atoms with Gasteiger partial charge in [0.2, 0.25) is 0 Å². The minimum atomic E-state index is -4.81. The van der Waals surface area contributed by atoms with E-state index in [2.05, 4.69) is 0 Å². The zero-order valence-electron chi connectivity index (χ0n) is 7.79. The number of rotatable bonds is 0. The van der Waals surface area contributed by atoms with Crippen LogP contribution in [0.1, 0.15) is 19.3 Å². The average Bonchev–Trinajstić information content (AvgIpc) is 2.71. The van der Waals surface area contributed by atoms with Crippen LogP contribution in [0.5, 0.6) is 0 Å². The fourth-order valence-corrected chi connectivity index (χ4v) is 2.59. The van der Waals surface area contributed by atoms with Gasteiger partial charge in [-0.3, -0.25) is 4.79 Å². The smallest absolute Gasteiger partial charge is 0.328 e. The molecule has 2 fully saturated rings. The third-order valence-corrected chi connectivity index (χ3v) is 3.18. The average molecular weight is 218 g/mol. The minimum Gasteiger partial charge on any atom is -0.328 e. The first-order valence-corrected chi connectivity index (χ1v) is 4.74. The summed E-state index contributed by atoms with van der Waals surface area (Å²) in [6.45, 7) is 0. The maximum absolute atomic E-state index is 12.2. The highest BCUT2D eigenvalue weighted by Crippen LogP contribution is 2.43. The number of carbonyl (C=O) groups excluding carboxylic acids is 1.